The first-order valence-electron chi connectivity index (χ1n) is 25.3. The van der Waals surface area contributed by atoms with Gasteiger partial charge in [-0.2, -0.15) is 5.26 Å². The number of fused-ring (bicyclic) bond motifs is 8. The number of allylic oxidation sites excluding steroid dienone is 9. The summed E-state index contributed by atoms with van der Waals surface area (Å²) in [5.74, 6) is 1.51. The first-order valence-corrected chi connectivity index (χ1v) is 25.3. The molecule has 1 aromatic rings. The van der Waals surface area contributed by atoms with Crippen molar-refractivity contribution < 1.29 is 4.74 Å². The number of rotatable bonds is 5. The van der Waals surface area contributed by atoms with Crippen LogP contribution in [0.25, 0.3) is 12.2 Å². The van der Waals surface area contributed by atoms with E-state index in [0.717, 1.165) is 57.8 Å². The molecule has 2 aliphatic heterocycles. The van der Waals surface area contributed by atoms with Gasteiger partial charge in [0.25, 0.3) is 0 Å². The number of ether oxygens (including phenoxy) is 1. The van der Waals surface area contributed by atoms with E-state index in [0.29, 0.717) is 23.8 Å². The smallest absolute Gasteiger partial charge is 0.0858 e. The van der Waals surface area contributed by atoms with Crippen molar-refractivity contribution >= 4 is 12.2 Å². The normalized spacial score (nSPS) is 40.6. The van der Waals surface area contributed by atoms with Gasteiger partial charge in [0.1, 0.15) is 0 Å². The summed E-state index contributed by atoms with van der Waals surface area (Å²) in [7, 11) is 0. The van der Waals surface area contributed by atoms with Crippen molar-refractivity contribution in [2.75, 3.05) is 0 Å². The second-order valence-corrected chi connectivity index (χ2v) is 21.5. The molecule has 9 aliphatic carbocycles. The number of nitrogens with zero attached hydrogens (tertiary/aromatic N) is 3. The van der Waals surface area contributed by atoms with E-state index < -0.39 is 0 Å². The van der Waals surface area contributed by atoms with E-state index in [2.05, 4.69) is 118 Å². The van der Waals surface area contributed by atoms with Crippen molar-refractivity contribution in [3.05, 3.63) is 106 Å². The average Bonchev–Trinajstić information content (AvgIpc) is 3.78. The molecular weight excluding hydrogens is 761 g/mol. The Morgan fingerprint density at radius 2 is 1.61 bits per heavy atom. The molecule has 0 radical (unpaired) electrons. The summed E-state index contributed by atoms with van der Waals surface area (Å²) < 4.78 is 9.80. The highest BCUT2D eigenvalue weighted by Gasteiger charge is 2.53. The number of aromatic nitrogens is 1. The molecule has 7 nitrogen and oxygen atoms in total. The Morgan fingerprint density at radius 1 is 0.758 bits per heavy atom. The monoisotopic (exact) mass is 831 g/mol. The van der Waals surface area contributed by atoms with Gasteiger partial charge in [0.05, 0.1) is 54.8 Å². The van der Waals surface area contributed by atoms with Gasteiger partial charge in [0, 0.05) is 34.8 Å². The molecule has 7 heteroatoms. The van der Waals surface area contributed by atoms with Crippen LogP contribution in [-0.4, -0.2) is 58.3 Å². The molecule has 2 saturated carbocycles. The van der Waals surface area contributed by atoms with E-state index in [9.17, 15) is 5.26 Å². The minimum absolute atomic E-state index is 0.0112. The van der Waals surface area contributed by atoms with Gasteiger partial charge >= 0.3 is 0 Å². The predicted molar refractivity (Wildman–Crippen MR) is 249 cm³/mol. The van der Waals surface area contributed by atoms with Crippen LogP contribution in [0, 0.1) is 40.4 Å². The zero-order chi connectivity index (χ0) is 41.5. The minimum atomic E-state index is -0.235. The zero-order valence-electron chi connectivity index (χ0n) is 37.4. The molecule has 1 aromatic heterocycles. The summed E-state index contributed by atoms with van der Waals surface area (Å²) in [5.41, 5.74) is 12.0. The fourth-order valence-corrected chi connectivity index (χ4v) is 15.0. The summed E-state index contributed by atoms with van der Waals surface area (Å²) in [5, 5.41) is 24.2. The lowest BCUT2D eigenvalue weighted by molar-refractivity contribution is -0.167. The van der Waals surface area contributed by atoms with Gasteiger partial charge in [-0.05, 0) is 143 Å². The van der Waals surface area contributed by atoms with Gasteiger partial charge < -0.3 is 9.30 Å². The van der Waals surface area contributed by atoms with Gasteiger partial charge in [-0.15, -0.1) is 0 Å². The molecule has 11 aliphatic rings. The van der Waals surface area contributed by atoms with Gasteiger partial charge in [-0.1, -0.05) is 105 Å². The van der Waals surface area contributed by atoms with Gasteiger partial charge in [-0.3, -0.25) is 20.9 Å². The Hall–Kier alpha value is -3.51. The van der Waals surface area contributed by atoms with Crippen LogP contribution in [-0.2, 0) is 17.6 Å². The summed E-state index contributed by atoms with van der Waals surface area (Å²) in [6.45, 7) is 5.00. The van der Waals surface area contributed by atoms with Crippen LogP contribution >= 0.6 is 0 Å². The van der Waals surface area contributed by atoms with Crippen molar-refractivity contribution in [2.24, 2.45) is 29.1 Å². The SMILES string of the molecule is CC1(C)C2=CC(C3NC(C4=CC(C#N)C(n5c6c(c7c5CCC=C7)CCC=C6)CC4N4C5C=CCCC5OC5CCCCC54)NC(C4C=CCCC4)N3)=CCC2C2CCCC=C21. The quantitative estimate of drug-likeness (QED) is 0.257. The summed E-state index contributed by atoms with van der Waals surface area (Å²) in [6, 6.07) is 3.80. The molecule has 326 valence electrons. The topological polar surface area (TPSA) is 77.3 Å². The van der Waals surface area contributed by atoms with Crippen LogP contribution in [0.1, 0.15) is 145 Å². The molecule has 13 unspecified atom stereocenters. The number of morpholine rings is 1. The lowest BCUT2D eigenvalue weighted by Gasteiger charge is -2.57. The molecule has 12 rings (SSSR count). The van der Waals surface area contributed by atoms with Crippen molar-refractivity contribution in [3.63, 3.8) is 0 Å². The lowest BCUT2D eigenvalue weighted by atomic mass is 9.76. The highest BCUT2D eigenvalue weighted by Crippen LogP contribution is 2.59. The average molecular weight is 831 g/mol. The molecule has 0 spiro atoms. The largest absolute Gasteiger partial charge is 0.371 e. The maximum atomic E-state index is 11.4. The lowest BCUT2D eigenvalue weighted by Crippen LogP contribution is -2.72. The Bertz CT molecular complexity index is 2240. The van der Waals surface area contributed by atoms with Crippen LogP contribution in [0.3, 0.4) is 0 Å². The van der Waals surface area contributed by atoms with Gasteiger partial charge in [-0.25, -0.2) is 0 Å². The Balaban J connectivity index is 0.978. The van der Waals surface area contributed by atoms with E-state index in [4.69, 9.17) is 4.74 Å². The van der Waals surface area contributed by atoms with Crippen molar-refractivity contribution in [1.29, 1.82) is 5.26 Å². The molecule has 4 fully saturated rings. The molecule has 3 N–H and O–H groups in total. The number of hydrogen-bond donors (Lipinski definition) is 3. The molecule has 0 bridgehead atoms. The van der Waals surface area contributed by atoms with Crippen LogP contribution in [0.5, 0.6) is 0 Å². The third kappa shape index (κ3) is 6.59. The van der Waals surface area contributed by atoms with E-state index in [-0.39, 0.29) is 60.2 Å². The molecule has 0 amide bonds. The predicted octanol–water partition coefficient (Wildman–Crippen LogP) is 10.3. The summed E-state index contributed by atoms with van der Waals surface area (Å²) >= 11 is 0. The molecule has 62 heavy (non-hydrogen) atoms. The van der Waals surface area contributed by atoms with E-state index >= 15 is 0 Å². The van der Waals surface area contributed by atoms with Crippen LogP contribution in [0.15, 0.2) is 83.1 Å². The maximum absolute atomic E-state index is 11.4. The first-order chi connectivity index (χ1) is 30.5. The van der Waals surface area contributed by atoms with Crippen LogP contribution in [0.2, 0.25) is 0 Å². The molecule has 2 saturated heterocycles. The molecule has 3 heterocycles. The molecule has 13 atom stereocenters. The fourth-order valence-electron chi connectivity index (χ4n) is 15.0. The second-order valence-electron chi connectivity index (χ2n) is 21.5. The van der Waals surface area contributed by atoms with E-state index in [1.54, 1.807) is 11.1 Å². The van der Waals surface area contributed by atoms with E-state index in [1.807, 2.05) is 0 Å². The Morgan fingerprint density at radius 3 is 2.52 bits per heavy atom. The summed E-state index contributed by atoms with van der Waals surface area (Å²) in [6.07, 6.45) is 51.1. The number of nitriles is 1. The van der Waals surface area contributed by atoms with Crippen molar-refractivity contribution in [3.8, 4) is 6.07 Å². The van der Waals surface area contributed by atoms with Crippen LogP contribution < -0.4 is 16.0 Å². The highest BCUT2D eigenvalue weighted by molar-refractivity contribution is 5.69. The standard InChI is InChI=1S/C55H70N6O/c1-55(2)42-21-9-6-18-37(42)38-29-28-35(31-43(38)55)53-57-52(34-16-4-3-5-17-34)58-54(59-53)41-30-36(33-56)48(60-44-22-10-7-19-39(44)40-20-8-11-23-45(40)60)32-49(41)61-46-24-12-14-26-50(46)62-51-27-15-13-25-47(51)61/h4,7,11-12,16,19,21,23-24,28,30-31,34,36-38,46-54,57-59H,3,5-6,8-10,13-15,17-18,20,22,25-27,29,32H2,1-2H3. The third-order valence-corrected chi connectivity index (χ3v) is 17.9. The van der Waals surface area contributed by atoms with E-state index in [1.165, 1.54) is 91.4 Å². The van der Waals surface area contributed by atoms with Crippen LogP contribution in [0.4, 0.5) is 0 Å². The molecular formula is C55H70N6O. The Kier molecular flexibility index (Phi) is 10.4. The molecule has 0 aromatic carbocycles. The third-order valence-electron chi connectivity index (χ3n) is 17.9. The maximum Gasteiger partial charge on any atom is 0.0858 e. The number of nitrogens with one attached hydrogen (secondary N) is 3. The van der Waals surface area contributed by atoms with Gasteiger partial charge in [0.2, 0.25) is 0 Å². The summed E-state index contributed by atoms with van der Waals surface area (Å²) in [4.78, 5) is 2.98. The van der Waals surface area contributed by atoms with Crippen molar-refractivity contribution in [2.45, 2.75) is 184 Å². The van der Waals surface area contributed by atoms with Crippen molar-refractivity contribution in [1.82, 2.24) is 25.4 Å². The Labute approximate surface area is 371 Å². The second kappa shape index (κ2) is 16.2. The highest BCUT2D eigenvalue weighted by atomic mass is 16.5. The first kappa shape index (κ1) is 40.0. The minimum Gasteiger partial charge on any atom is -0.371 e. The zero-order valence-corrected chi connectivity index (χ0v) is 37.4. The number of hydrogen-bond acceptors (Lipinski definition) is 6. The van der Waals surface area contributed by atoms with Gasteiger partial charge in [0.15, 0.2) is 0 Å². The fraction of sp³-hybridized carbons (Fsp3) is 0.618.